The van der Waals surface area contributed by atoms with Crippen molar-refractivity contribution < 1.29 is 4.79 Å². The van der Waals surface area contributed by atoms with Gasteiger partial charge >= 0.3 is 0 Å². The molecule has 4 aliphatic rings. The maximum atomic E-state index is 11.7. The molecule has 0 aromatic heterocycles. The molecule has 0 aromatic carbocycles. The topological polar surface area (TPSA) is 17.1 Å². The van der Waals surface area contributed by atoms with Crippen LogP contribution in [0.2, 0.25) is 0 Å². The lowest BCUT2D eigenvalue weighted by atomic mass is 9.58. The van der Waals surface area contributed by atoms with Crippen molar-refractivity contribution in [3.63, 3.8) is 0 Å². The molecule has 0 heterocycles. The van der Waals surface area contributed by atoms with Crippen LogP contribution in [0.4, 0.5) is 0 Å². The maximum Gasteiger partial charge on any atom is 0.137 e. The minimum absolute atomic E-state index is 0.476. The van der Waals surface area contributed by atoms with E-state index in [9.17, 15) is 4.79 Å². The number of hydrogen-bond acceptors (Lipinski definition) is 1. The highest BCUT2D eigenvalue weighted by Gasteiger charge is 2.48. The lowest BCUT2D eigenvalue weighted by Gasteiger charge is -2.46. The Balaban J connectivity index is 1.61. The zero-order chi connectivity index (χ0) is 13.7. The van der Waals surface area contributed by atoms with Gasteiger partial charge in [-0.25, -0.2) is 0 Å². The van der Waals surface area contributed by atoms with Crippen molar-refractivity contribution in [2.24, 2.45) is 29.6 Å². The van der Waals surface area contributed by atoms with E-state index < -0.39 is 0 Å². The third kappa shape index (κ3) is 1.80. The van der Waals surface area contributed by atoms with Gasteiger partial charge in [0.05, 0.1) is 0 Å². The minimum Gasteiger partial charge on any atom is -0.299 e. The van der Waals surface area contributed by atoms with Gasteiger partial charge in [-0.1, -0.05) is 11.1 Å². The Hall–Kier alpha value is -1.03. The van der Waals surface area contributed by atoms with Crippen molar-refractivity contribution in [1.82, 2.24) is 0 Å². The second kappa shape index (κ2) is 4.76. The summed E-state index contributed by atoms with van der Waals surface area (Å²) < 4.78 is 0. The van der Waals surface area contributed by atoms with E-state index in [1.807, 2.05) is 0 Å². The molecule has 1 heteroatoms. The Morgan fingerprint density at radius 3 is 2.60 bits per heavy atom. The van der Waals surface area contributed by atoms with Crippen molar-refractivity contribution >= 4 is 5.78 Å². The third-order valence-corrected chi connectivity index (χ3v) is 6.73. The number of fused-ring (bicyclic) bond motifs is 4. The second-order valence-corrected chi connectivity index (χ2v) is 7.41. The maximum absolute atomic E-state index is 11.7. The average Bonchev–Trinajstić information content (AvgIpc) is 2.89. The van der Waals surface area contributed by atoms with E-state index >= 15 is 0 Å². The molecule has 0 bridgehead atoms. The van der Waals surface area contributed by atoms with Crippen LogP contribution in [0.3, 0.4) is 0 Å². The van der Waals surface area contributed by atoms with Crippen LogP contribution in [0.15, 0.2) is 11.1 Å². The van der Waals surface area contributed by atoms with Gasteiger partial charge in [0.25, 0.3) is 0 Å². The molecule has 106 valence electrons. The van der Waals surface area contributed by atoms with Gasteiger partial charge in [-0.15, -0.1) is 12.3 Å². The number of allylic oxidation sites excluding steroid dienone is 2. The largest absolute Gasteiger partial charge is 0.299 e. The normalized spacial score (nSPS) is 43.5. The van der Waals surface area contributed by atoms with Crippen LogP contribution >= 0.6 is 0 Å². The van der Waals surface area contributed by atoms with Gasteiger partial charge in [-0.2, -0.15) is 0 Å². The first-order valence-corrected chi connectivity index (χ1v) is 8.46. The second-order valence-electron chi connectivity index (χ2n) is 7.41. The molecular weight excluding hydrogens is 244 g/mol. The fourth-order valence-corrected chi connectivity index (χ4v) is 5.91. The first-order chi connectivity index (χ1) is 9.78. The highest BCUT2D eigenvalue weighted by atomic mass is 16.1. The standard InChI is InChI=1S/C19H24O/c1-2-12-3-6-17-15(12)9-10-18-16-8-5-14(20)11-13(16)4-7-19(17)18/h1,12,15,17-19H,3-11H2/t12-,15-,17-,18-,19+/m1/s1. The lowest BCUT2D eigenvalue weighted by molar-refractivity contribution is -0.119. The zero-order valence-electron chi connectivity index (χ0n) is 12.2. The summed E-state index contributed by atoms with van der Waals surface area (Å²) in [5, 5.41) is 0. The van der Waals surface area contributed by atoms with Crippen LogP contribution in [0, 0.1) is 41.9 Å². The highest BCUT2D eigenvalue weighted by molar-refractivity contribution is 5.82. The summed E-state index contributed by atoms with van der Waals surface area (Å²) in [5.41, 5.74) is 3.25. The fraction of sp³-hybridized carbons (Fsp3) is 0.737. The summed E-state index contributed by atoms with van der Waals surface area (Å²) >= 11 is 0. The smallest absolute Gasteiger partial charge is 0.137 e. The van der Waals surface area contributed by atoms with E-state index in [0.717, 1.165) is 42.9 Å². The molecule has 1 nitrogen and oxygen atoms in total. The van der Waals surface area contributed by atoms with Gasteiger partial charge in [0.2, 0.25) is 0 Å². The van der Waals surface area contributed by atoms with Crippen LogP contribution in [0.1, 0.15) is 57.8 Å². The van der Waals surface area contributed by atoms with Gasteiger partial charge in [-0.3, -0.25) is 4.79 Å². The van der Waals surface area contributed by atoms with Gasteiger partial charge in [0.1, 0.15) is 5.78 Å². The number of terminal acetylenes is 1. The van der Waals surface area contributed by atoms with Crippen LogP contribution in [0.5, 0.6) is 0 Å². The molecule has 2 fully saturated rings. The fourth-order valence-electron chi connectivity index (χ4n) is 5.91. The number of carbonyl (C=O) groups excluding carboxylic acids is 1. The van der Waals surface area contributed by atoms with E-state index in [4.69, 9.17) is 6.42 Å². The molecule has 5 atom stereocenters. The Kier molecular flexibility index (Phi) is 3.02. The SMILES string of the molecule is C#C[C@@H]1CC[C@@H]2[C@@H]1CC[C@@H]1C3=C(CC[C@@H]21)CC(=O)CC3. The molecule has 0 N–H and O–H groups in total. The van der Waals surface area contributed by atoms with Gasteiger partial charge in [0.15, 0.2) is 0 Å². The molecule has 4 rings (SSSR count). The molecule has 0 aliphatic heterocycles. The number of ketones is 1. The highest BCUT2D eigenvalue weighted by Crippen LogP contribution is 2.57. The summed E-state index contributed by atoms with van der Waals surface area (Å²) in [6.07, 6.45) is 16.2. The lowest BCUT2D eigenvalue weighted by Crippen LogP contribution is -2.38. The van der Waals surface area contributed by atoms with Crippen molar-refractivity contribution in [1.29, 1.82) is 0 Å². The Bertz CT molecular complexity index is 506. The van der Waals surface area contributed by atoms with E-state index in [2.05, 4.69) is 5.92 Å². The summed E-state index contributed by atoms with van der Waals surface area (Å²) in [6, 6.07) is 0. The summed E-state index contributed by atoms with van der Waals surface area (Å²) in [7, 11) is 0. The van der Waals surface area contributed by atoms with Crippen LogP contribution in [-0.4, -0.2) is 5.78 Å². The predicted molar refractivity (Wildman–Crippen MR) is 79.9 cm³/mol. The Morgan fingerprint density at radius 1 is 0.900 bits per heavy atom. The van der Waals surface area contributed by atoms with Crippen molar-refractivity contribution in [2.45, 2.75) is 57.8 Å². The third-order valence-electron chi connectivity index (χ3n) is 6.73. The van der Waals surface area contributed by atoms with Gasteiger partial charge in [0, 0.05) is 18.8 Å². The molecule has 4 aliphatic carbocycles. The zero-order valence-corrected chi connectivity index (χ0v) is 12.2. The molecule has 0 aromatic rings. The van der Waals surface area contributed by atoms with Crippen molar-refractivity contribution in [3.8, 4) is 12.3 Å². The number of hydrogen-bond donors (Lipinski definition) is 0. The van der Waals surface area contributed by atoms with Crippen molar-refractivity contribution in [2.75, 3.05) is 0 Å². The van der Waals surface area contributed by atoms with E-state index in [1.165, 1.54) is 44.1 Å². The molecule has 0 radical (unpaired) electrons. The number of rotatable bonds is 0. The quantitative estimate of drug-likeness (QED) is 0.477. The molecule has 0 spiro atoms. The monoisotopic (exact) mass is 268 g/mol. The first-order valence-electron chi connectivity index (χ1n) is 8.46. The first kappa shape index (κ1) is 12.7. The summed E-state index contributed by atoms with van der Waals surface area (Å²) in [5.74, 6) is 7.50. The Labute approximate surface area is 122 Å². The Morgan fingerprint density at radius 2 is 1.75 bits per heavy atom. The van der Waals surface area contributed by atoms with Gasteiger partial charge < -0.3 is 0 Å². The minimum atomic E-state index is 0.476. The predicted octanol–water partition coefficient (Wildman–Crippen LogP) is 4.13. The molecule has 20 heavy (non-hydrogen) atoms. The number of carbonyl (C=O) groups is 1. The van der Waals surface area contributed by atoms with Crippen molar-refractivity contribution in [3.05, 3.63) is 11.1 Å². The molecular formula is C19H24O. The summed E-state index contributed by atoms with van der Waals surface area (Å²) in [6.45, 7) is 0. The molecule has 0 unspecified atom stereocenters. The summed E-state index contributed by atoms with van der Waals surface area (Å²) in [4.78, 5) is 11.7. The van der Waals surface area contributed by atoms with E-state index in [0.29, 0.717) is 11.7 Å². The van der Waals surface area contributed by atoms with Crippen LogP contribution < -0.4 is 0 Å². The number of Topliss-reactive ketones (excluding diaryl/α,β-unsaturated/α-hetero) is 1. The van der Waals surface area contributed by atoms with Crippen LogP contribution in [0.25, 0.3) is 0 Å². The molecule has 0 amide bonds. The molecule has 2 saturated carbocycles. The van der Waals surface area contributed by atoms with E-state index in [-0.39, 0.29) is 0 Å². The average molecular weight is 268 g/mol. The van der Waals surface area contributed by atoms with Gasteiger partial charge in [-0.05, 0) is 68.6 Å². The van der Waals surface area contributed by atoms with E-state index in [1.54, 1.807) is 5.57 Å². The van der Waals surface area contributed by atoms with Crippen LogP contribution in [-0.2, 0) is 4.79 Å². The molecule has 0 saturated heterocycles.